The van der Waals surface area contributed by atoms with Crippen LogP contribution in [-0.2, 0) is 5.41 Å². The number of phenolic OH excluding ortho intramolecular Hbond substituents is 1. The lowest BCUT2D eigenvalue weighted by Gasteiger charge is -2.21. The Balaban J connectivity index is 2.63. The van der Waals surface area contributed by atoms with Gasteiger partial charge in [-0.3, -0.25) is 0 Å². The monoisotopic (exact) mass is 286 g/mol. The first-order valence-electron chi connectivity index (χ1n) is 6.92. The van der Waals surface area contributed by atoms with Crippen LogP contribution in [0.25, 0.3) is 11.1 Å². The van der Waals surface area contributed by atoms with Gasteiger partial charge in [0.2, 0.25) is 0 Å². The number of hydrogen-bond acceptors (Lipinski definition) is 3. The molecule has 2 aromatic rings. The molecule has 0 aliphatic carbocycles. The van der Waals surface area contributed by atoms with E-state index in [2.05, 4.69) is 32.9 Å². The topological polar surface area (TPSA) is 38.7 Å². The van der Waals surface area contributed by atoms with Crippen molar-refractivity contribution in [2.45, 2.75) is 26.2 Å². The zero-order chi connectivity index (χ0) is 15.6. The molecule has 3 heteroatoms. The van der Waals surface area contributed by atoms with Crippen molar-refractivity contribution in [1.29, 1.82) is 0 Å². The molecule has 0 bridgehead atoms. The minimum Gasteiger partial charge on any atom is -0.508 e. The second-order valence-corrected chi connectivity index (χ2v) is 6.08. The molecule has 0 unspecified atom stereocenters. The van der Waals surface area contributed by atoms with Gasteiger partial charge in [0.05, 0.1) is 14.2 Å². The highest BCUT2D eigenvalue weighted by molar-refractivity contribution is 5.73. The van der Waals surface area contributed by atoms with E-state index in [9.17, 15) is 5.11 Å². The Hall–Kier alpha value is -2.16. The zero-order valence-electron chi connectivity index (χ0n) is 13.2. The van der Waals surface area contributed by atoms with Gasteiger partial charge < -0.3 is 14.6 Å². The van der Waals surface area contributed by atoms with Crippen LogP contribution in [-0.4, -0.2) is 19.3 Å². The van der Waals surface area contributed by atoms with E-state index >= 15 is 0 Å². The van der Waals surface area contributed by atoms with Crippen molar-refractivity contribution in [3.8, 4) is 28.4 Å². The van der Waals surface area contributed by atoms with Crippen LogP contribution in [0.3, 0.4) is 0 Å². The van der Waals surface area contributed by atoms with Crippen LogP contribution in [0.5, 0.6) is 17.2 Å². The van der Waals surface area contributed by atoms with Crippen LogP contribution >= 0.6 is 0 Å². The molecular weight excluding hydrogens is 264 g/mol. The van der Waals surface area contributed by atoms with Crippen molar-refractivity contribution in [1.82, 2.24) is 0 Å². The summed E-state index contributed by atoms with van der Waals surface area (Å²) >= 11 is 0. The van der Waals surface area contributed by atoms with E-state index < -0.39 is 0 Å². The molecule has 0 aliphatic rings. The van der Waals surface area contributed by atoms with Gasteiger partial charge in [-0.1, -0.05) is 26.8 Å². The summed E-state index contributed by atoms with van der Waals surface area (Å²) in [6.45, 7) is 6.50. The Morgan fingerprint density at radius 2 is 1.62 bits per heavy atom. The molecule has 0 amide bonds. The highest BCUT2D eigenvalue weighted by Gasteiger charge is 2.17. The van der Waals surface area contributed by atoms with Gasteiger partial charge in [0.15, 0.2) is 0 Å². The molecule has 1 N–H and O–H groups in total. The molecule has 0 aliphatic heterocycles. The third-order valence-electron chi connectivity index (χ3n) is 3.50. The van der Waals surface area contributed by atoms with E-state index in [1.807, 2.05) is 12.1 Å². The summed E-state index contributed by atoms with van der Waals surface area (Å²) in [6, 6.07) is 11.3. The zero-order valence-corrected chi connectivity index (χ0v) is 13.2. The first-order chi connectivity index (χ1) is 9.85. The predicted molar refractivity (Wildman–Crippen MR) is 85.3 cm³/mol. The molecule has 0 saturated carbocycles. The molecule has 0 spiro atoms. The fraction of sp³-hybridized carbons (Fsp3) is 0.333. The van der Waals surface area contributed by atoms with E-state index in [1.165, 1.54) is 5.56 Å². The minimum atomic E-state index is 0.0213. The van der Waals surface area contributed by atoms with Gasteiger partial charge in [0.25, 0.3) is 0 Å². The van der Waals surface area contributed by atoms with Crippen LogP contribution in [0, 0.1) is 0 Å². The molecule has 0 aromatic heterocycles. The molecule has 0 radical (unpaired) electrons. The van der Waals surface area contributed by atoms with Crippen LogP contribution in [0.4, 0.5) is 0 Å². The molecular formula is C18H22O3. The predicted octanol–water partition coefficient (Wildman–Crippen LogP) is 4.37. The SMILES string of the molecule is COc1cc(-c2ccc(O)cc2OC)cc(C(C)(C)C)c1. The number of methoxy groups -OCH3 is 2. The average molecular weight is 286 g/mol. The lowest BCUT2D eigenvalue weighted by Crippen LogP contribution is -2.11. The van der Waals surface area contributed by atoms with Gasteiger partial charge in [-0.25, -0.2) is 0 Å². The van der Waals surface area contributed by atoms with Crippen LogP contribution in [0.2, 0.25) is 0 Å². The summed E-state index contributed by atoms with van der Waals surface area (Å²) in [5.74, 6) is 1.64. The Kier molecular flexibility index (Phi) is 4.12. The fourth-order valence-corrected chi connectivity index (χ4v) is 2.22. The first-order valence-corrected chi connectivity index (χ1v) is 6.92. The van der Waals surface area contributed by atoms with Gasteiger partial charge in [-0.2, -0.15) is 0 Å². The molecule has 2 aromatic carbocycles. The van der Waals surface area contributed by atoms with Gasteiger partial charge in [0.1, 0.15) is 17.2 Å². The fourth-order valence-electron chi connectivity index (χ4n) is 2.22. The van der Waals surface area contributed by atoms with Crippen molar-refractivity contribution >= 4 is 0 Å². The lowest BCUT2D eigenvalue weighted by molar-refractivity contribution is 0.408. The third kappa shape index (κ3) is 3.30. The summed E-state index contributed by atoms with van der Waals surface area (Å²) in [7, 11) is 3.27. The molecule has 2 rings (SSSR count). The van der Waals surface area contributed by atoms with E-state index in [1.54, 1.807) is 26.4 Å². The Bertz CT molecular complexity index is 639. The second kappa shape index (κ2) is 5.68. The highest BCUT2D eigenvalue weighted by atomic mass is 16.5. The summed E-state index contributed by atoms with van der Waals surface area (Å²) < 4.78 is 10.8. The first kappa shape index (κ1) is 15.2. The van der Waals surface area contributed by atoms with Gasteiger partial charge in [0, 0.05) is 11.6 Å². The minimum absolute atomic E-state index is 0.0213. The summed E-state index contributed by atoms with van der Waals surface area (Å²) in [5, 5.41) is 9.60. The van der Waals surface area contributed by atoms with Crippen molar-refractivity contribution < 1.29 is 14.6 Å². The quantitative estimate of drug-likeness (QED) is 0.910. The number of benzene rings is 2. The summed E-state index contributed by atoms with van der Waals surface area (Å²) in [4.78, 5) is 0. The maximum absolute atomic E-state index is 9.60. The van der Waals surface area contributed by atoms with Crippen molar-refractivity contribution in [3.05, 3.63) is 42.0 Å². The van der Waals surface area contributed by atoms with Gasteiger partial charge >= 0.3 is 0 Å². The molecule has 21 heavy (non-hydrogen) atoms. The maximum Gasteiger partial charge on any atom is 0.130 e. The third-order valence-corrected chi connectivity index (χ3v) is 3.50. The molecule has 0 fully saturated rings. The van der Waals surface area contributed by atoms with Gasteiger partial charge in [-0.15, -0.1) is 0 Å². The average Bonchev–Trinajstić information content (AvgIpc) is 2.45. The number of phenols is 1. The van der Waals surface area contributed by atoms with Crippen molar-refractivity contribution in [3.63, 3.8) is 0 Å². The highest BCUT2D eigenvalue weighted by Crippen LogP contribution is 2.37. The number of rotatable bonds is 3. The Morgan fingerprint density at radius 1 is 0.905 bits per heavy atom. The van der Waals surface area contributed by atoms with Crippen LogP contribution in [0.15, 0.2) is 36.4 Å². The maximum atomic E-state index is 9.60. The van der Waals surface area contributed by atoms with Gasteiger partial charge in [-0.05, 0) is 40.8 Å². The summed E-state index contributed by atoms with van der Waals surface area (Å²) in [5.41, 5.74) is 3.15. The molecule has 0 saturated heterocycles. The Morgan fingerprint density at radius 3 is 2.19 bits per heavy atom. The van der Waals surface area contributed by atoms with E-state index in [0.29, 0.717) is 5.75 Å². The van der Waals surface area contributed by atoms with Crippen molar-refractivity contribution in [2.24, 2.45) is 0 Å². The van der Waals surface area contributed by atoms with E-state index in [-0.39, 0.29) is 11.2 Å². The number of aromatic hydroxyl groups is 1. The summed E-state index contributed by atoms with van der Waals surface area (Å²) in [6.07, 6.45) is 0. The number of ether oxygens (including phenoxy) is 2. The molecule has 3 nitrogen and oxygen atoms in total. The van der Waals surface area contributed by atoms with Crippen LogP contribution < -0.4 is 9.47 Å². The van der Waals surface area contributed by atoms with Crippen LogP contribution in [0.1, 0.15) is 26.3 Å². The Labute approximate surface area is 126 Å². The molecule has 112 valence electrons. The molecule has 0 atom stereocenters. The molecule has 0 heterocycles. The normalized spacial score (nSPS) is 11.3. The smallest absolute Gasteiger partial charge is 0.130 e. The second-order valence-electron chi connectivity index (χ2n) is 6.08. The van der Waals surface area contributed by atoms with Crippen molar-refractivity contribution in [2.75, 3.05) is 14.2 Å². The van der Waals surface area contributed by atoms with E-state index in [4.69, 9.17) is 9.47 Å². The van der Waals surface area contributed by atoms with E-state index in [0.717, 1.165) is 16.9 Å². The lowest BCUT2D eigenvalue weighted by atomic mass is 9.85. The standard InChI is InChI=1S/C18H22O3/c1-18(2,3)13-8-12(9-15(10-13)20-4)16-7-6-14(19)11-17(16)21-5/h6-11,19H,1-5H3. The largest absolute Gasteiger partial charge is 0.508 e. The number of hydrogen-bond donors (Lipinski definition) is 1.